The van der Waals surface area contributed by atoms with Gasteiger partial charge in [0.25, 0.3) is 0 Å². The van der Waals surface area contributed by atoms with Crippen molar-refractivity contribution in [1.29, 1.82) is 5.26 Å². The largest absolute Gasteiger partial charge is 0.378 e. The minimum absolute atomic E-state index is 0.446. The van der Waals surface area contributed by atoms with Crippen LogP contribution in [0.1, 0.15) is 23.1 Å². The van der Waals surface area contributed by atoms with Crippen LogP contribution in [-0.4, -0.2) is 4.98 Å². The number of nitrogens with zero attached hydrogens (tertiary/aromatic N) is 2. The van der Waals surface area contributed by atoms with Crippen LogP contribution in [0.4, 0.5) is 5.69 Å². The molecule has 0 atom stereocenters. The standard InChI is InChI=1S/C13H13N3S/c1-2-10-5-7-17-13(10)9-16-11-4-3-6-15-12(11)8-14/h3-7,16H,2,9H2,1H3. The van der Waals surface area contributed by atoms with E-state index in [1.165, 1.54) is 10.4 Å². The van der Waals surface area contributed by atoms with E-state index in [1.807, 2.05) is 12.1 Å². The molecule has 0 bridgehead atoms. The molecule has 0 amide bonds. The maximum atomic E-state index is 8.93. The molecule has 0 fully saturated rings. The number of hydrogen-bond donors (Lipinski definition) is 1. The Morgan fingerprint density at radius 3 is 3.12 bits per heavy atom. The van der Waals surface area contributed by atoms with E-state index in [2.05, 4.69) is 34.7 Å². The summed E-state index contributed by atoms with van der Waals surface area (Å²) in [6.07, 6.45) is 2.67. The van der Waals surface area contributed by atoms with Gasteiger partial charge in [-0.2, -0.15) is 5.26 Å². The highest BCUT2D eigenvalue weighted by Gasteiger charge is 2.05. The lowest BCUT2D eigenvalue weighted by molar-refractivity contribution is 1.07. The number of nitriles is 1. The molecule has 0 aliphatic heterocycles. The molecule has 1 N–H and O–H groups in total. The average Bonchev–Trinajstić information content (AvgIpc) is 2.84. The fourth-order valence-corrected chi connectivity index (χ4v) is 2.57. The lowest BCUT2D eigenvalue weighted by atomic mass is 10.2. The number of hydrogen-bond acceptors (Lipinski definition) is 4. The van der Waals surface area contributed by atoms with Crippen molar-refractivity contribution in [1.82, 2.24) is 4.98 Å². The van der Waals surface area contributed by atoms with Gasteiger partial charge in [-0.25, -0.2) is 4.98 Å². The predicted octanol–water partition coefficient (Wildman–Crippen LogP) is 3.19. The van der Waals surface area contributed by atoms with Crippen LogP contribution in [0.2, 0.25) is 0 Å². The van der Waals surface area contributed by atoms with Gasteiger partial charge in [-0.1, -0.05) is 6.92 Å². The van der Waals surface area contributed by atoms with Crippen LogP contribution in [0, 0.1) is 11.3 Å². The van der Waals surface area contributed by atoms with E-state index in [-0.39, 0.29) is 0 Å². The zero-order chi connectivity index (χ0) is 12.1. The Bertz CT molecular complexity index is 540. The van der Waals surface area contributed by atoms with Gasteiger partial charge in [-0.15, -0.1) is 11.3 Å². The Morgan fingerprint density at radius 2 is 2.35 bits per heavy atom. The maximum absolute atomic E-state index is 8.93. The van der Waals surface area contributed by atoms with Crippen molar-refractivity contribution in [3.63, 3.8) is 0 Å². The summed E-state index contributed by atoms with van der Waals surface area (Å²) in [5.41, 5.74) is 2.61. The van der Waals surface area contributed by atoms with E-state index >= 15 is 0 Å². The molecule has 2 rings (SSSR count). The third-order valence-electron chi connectivity index (χ3n) is 2.57. The average molecular weight is 243 g/mol. The molecular formula is C13H13N3S. The van der Waals surface area contributed by atoms with Gasteiger partial charge in [0.15, 0.2) is 5.69 Å². The van der Waals surface area contributed by atoms with Gasteiger partial charge >= 0.3 is 0 Å². The van der Waals surface area contributed by atoms with Gasteiger partial charge in [0, 0.05) is 17.6 Å². The first-order valence-corrected chi connectivity index (χ1v) is 6.37. The fraction of sp³-hybridized carbons (Fsp3) is 0.231. The van der Waals surface area contributed by atoms with Crippen LogP contribution < -0.4 is 5.32 Å². The topological polar surface area (TPSA) is 48.7 Å². The molecule has 17 heavy (non-hydrogen) atoms. The SMILES string of the molecule is CCc1ccsc1CNc1cccnc1C#N. The molecule has 2 aromatic rings. The summed E-state index contributed by atoms with van der Waals surface area (Å²) in [5.74, 6) is 0. The van der Waals surface area contributed by atoms with E-state index in [9.17, 15) is 0 Å². The summed E-state index contributed by atoms with van der Waals surface area (Å²) >= 11 is 1.74. The molecule has 0 spiro atoms. The highest BCUT2D eigenvalue weighted by molar-refractivity contribution is 7.10. The molecule has 0 saturated carbocycles. The monoisotopic (exact) mass is 243 g/mol. The third-order valence-corrected chi connectivity index (χ3v) is 3.53. The first kappa shape index (κ1) is 11.6. The molecule has 0 aliphatic carbocycles. The smallest absolute Gasteiger partial charge is 0.163 e. The number of thiophene rings is 1. The highest BCUT2D eigenvalue weighted by atomic mass is 32.1. The van der Waals surface area contributed by atoms with Gasteiger partial charge in [0.2, 0.25) is 0 Å². The number of anilines is 1. The lowest BCUT2D eigenvalue weighted by Gasteiger charge is -2.07. The van der Waals surface area contributed by atoms with Gasteiger partial charge in [0.1, 0.15) is 6.07 Å². The van der Waals surface area contributed by atoms with E-state index in [1.54, 1.807) is 17.5 Å². The van der Waals surface area contributed by atoms with E-state index < -0.39 is 0 Å². The Labute approximate surface area is 105 Å². The minimum atomic E-state index is 0.446. The molecule has 2 aromatic heterocycles. The number of nitrogens with one attached hydrogen (secondary N) is 1. The molecule has 86 valence electrons. The Morgan fingerprint density at radius 1 is 1.47 bits per heavy atom. The molecule has 0 saturated heterocycles. The summed E-state index contributed by atoms with van der Waals surface area (Å²) in [6, 6.07) is 7.94. The maximum Gasteiger partial charge on any atom is 0.163 e. The van der Waals surface area contributed by atoms with Crippen molar-refractivity contribution in [2.75, 3.05) is 5.32 Å². The van der Waals surface area contributed by atoms with Crippen LogP contribution in [-0.2, 0) is 13.0 Å². The molecule has 3 nitrogen and oxygen atoms in total. The summed E-state index contributed by atoms with van der Waals surface area (Å²) in [4.78, 5) is 5.34. The van der Waals surface area contributed by atoms with Crippen molar-refractivity contribution in [3.05, 3.63) is 45.9 Å². The van der Waals surface area contributed by atoms with Crippen LogP contribution in [0.25, 0.3) is 0 Å². The molecule has 0 radical (unpaired) electrons. The van der Waals surface area contributed by atoms with Gasteiger partial charge in [-0.05, 0) is 35.6 Å². The second-order valence-electron chi connectivity index (χ2n) is 3.59. The molecular weight excluding hydrogens is 230 g/mol. The first-order chi connectivity index (χ1) is 8.35. The van der Waals surface area contributed by atoms with Crippen LogP contribution >= 0.6 is 11.3 Å². The summed E-state index contributed by atoms with van der Waals surface area (Å²) < 4.78 is 0. The number of pyridine rings is 1. The Kier molecular flexibility index (Phi) is 3.73. The number of aromatic nitrogens is 1. The Hall–Kier alpha value is -1.86. The quantitative estimate of drug-likeness (QED) is 0.897. The van der Waals surface area contributed by atoms with Crippen molar-refractivity contribution in [3.8, 4) is 6.07 Å². The first-order valence-electron chi connectivity index (χ1n) is 5.49. The normalized spacial score (nSPS) is 9.88. The van der Waals surface area contributed by atoms with E-state index in [0.717, 1.165) is 18.7 Å². The molecule has 0 aromatic carbocycles. The lowest BCUT2D eigenvalue weighted by Crippen LogP contribution is -2.02. The van der Waals surface area contributed by atoms with Crippen LogP contribution in [0.3, 0.4) is 0 Å². The third kappa shape index (κ3) is 2.63. The zero-order valence-electron chi connectivity index (χ0n) is 9.60. The van der Waals surface area contributed by atoms with Gasteiger partial charge in [0.05, 0.1) is 5.69 Å². The van der Waals surface area contributed by atoms with Gasteiger partial charge in [-0.3, -0.25) is 0 Å². The second kappa shape index (κ2) is 5.46. The highest BCUT2D eigenvalue weighted by Crippen LogP contribution is 2.20. The molecule has 0 aliphatic rings. The second-order valence-corrected chi connectivity index (χ2v) is 4.59. The van der Waals surface area contributed by atoms with E-state index in [4.69, 9.17) is 5.26 Å². The number of aryl methyl sites for hydroxylation is 1. The summed E-state index contributed by atoms with van der Waals surface area (Å²) in [7, 11) is 0. The molecule has 2 heterocycles. The molecule has 4 heteroatoms. The number of rotatable bonds is 4. The summed E-state index contributed by atoms with van der Waals surface area (Å²) in [5, 5.41) is 14.3. The predicted molar refractivity (Wildman–Crippen MR) is 70.0 cm³/mol. The van der Waals surface area contributed by atoms with Crippen LogP contribution in [0.15, 0.2) is 29.8 Å². The minimum Gasteiger partial charge on any atom is -0.378 e. The van der Waals surface area contributed by atoms with Gasteiger partial charge < -0.3 is 5.32 Å². The fourth-order valence-electron chi connectivity index (χ4n) is 1.65. The van der Waals surface area contributed by atoms with Crippen molar-refractivity contribution in [2.45, 2.75) is 19.9 Å². The van der Waals surface area contributed by atoms with Crippen LogP contribution in [0.5, 0.6) is 0 Å². The molecule has 0 unspecified atom stereocenters. The van der Waals surface area contributed by atoms with Crippen molar-refractivity contribution < 1.29 is 0 Å². The van der Waals surface area contributed by atoms with Crippen molar-refractivity contribution in [2.24, 2.45) is 0 Å². The Balaban J connectivity index is 2.10. The summed E-state index contributed by atoms with van der Waals surface area (Å²) in [6.45, 7) is 2.90. The van der Waals surface area contributed by atoms with Crippen molar-refractivity contribution >= 4 is 17.0 Å². The van der Waals surface area contributed by atoms with E-state index in [0.29, 0.717) is 5.69 Å². The zero-order valence-corrected chi connectivity index (χ0v) is 10.4.